The quantitative estimate of drug-likeness (QED) is 0.276. The minimum absolute atomic E-state index is 0.0264. The molecular weight excluding hydrogens is 419 g/mol. The Morgan fingerprint density at radius 2 is 1.44 bits per heavy atom. The highest BCUT2D eigenvalue weighted by molar-refractivity contribution is 5.33. The van der Waals surface area contributed by atoms with Gasteiger partial charge >= 0.3 is 0 Å². The fraction of sp³-hybridized carbons (Fsp3) is 0.613. The van der Waals surface area contributed by atoms with Crippen LogP contribution in [0.25, 0.3) is 0 Å². The van der Waals surface area contributed by atoms with Crippen LogP contribution in [-0.2, 0) is 0 Å². The Kier molecular flexibility index (Phi) is 9.19. The number of rotatable bonds is 14. The summed E-state index contributed by atoms with van der Waals surface area (Å²) in [6.45, 7) is 3.43. The summed E-state index contributed by atoms with van der Waals surface area (Å²) in [6.07, 6.45) is 18.4. The van der Waals surface area contributed by atoms with Crippen LogP contribution >= 0.6 is 0 Å². The van der Waals surface area contributed by atoms with E-state index in [1.54, 1.807) is 12.1 Å². The predicted octanol–water partition coefficient (Wildman–Crippen LogP) is 8.08. The Labute approximate surface area is 207 Å². The van der Waals surface area contributed by atoms with Crippen molar-refractivity contribution < 1.29 is 4.39 Å². The van der Waals surface area contributed by atoms with Crippen LogP contribution in [0.2, 0.25) is 0 Å². The van der Waals surface area contributed by atoms with Gasteiger partial charge in [0, 0.05) is 11.1 Å². The molecule has 0 aromatic heterocycles. The summed E-state index contributed by atoms with van der Waals surface area (Å²) in [5.41, 5.74) is 2.67. The van der Waals surface area contributed by atoms with Crippen LogP contribution in [0.4, 0.5) is 4.39 Å². The molecule has 34 heavy (non-hydrogen) atoms. The molecule has 2 aliphatic rings. The standard InChI is InChI=1S/C31H45FN2/c1-2-3-4-5-6-7-8-12-23-33-30-19-14-20-31(25-30,22-21-30)34-29(26-15-10-9-11-16-26)27-17-13-18-28(32)24-27/h9-11,13,15-18,24,29,33-34H,2-8,12,14,19-23,25H2,1H3/t29?,30-,31+/m0/s1. The molecule has 0 aliphatic heterocycles. The van der Waals surface area contributed by atoms with Crippen LogP contribution in [0, 0.1) is 5.82 Å². The largest absolute Gasteiger partial charge is 0.311 e. The molecule has 0 saturated heterocycles. The average Bonchev–Trinajstić information content (AvgIpc) is 3.12. The maximum atomic E-state index is 14.1. The third kappa shape index (κ3) is 6.70. The first-order valence-corrected chi connectivity index (χ1v) is 14.0. The molecule has 1 unspecified atom stereocenters. The molecule has 0 radical (unpaired) electrons. The molecule has 2 aromatic rings. The van der Waals surface area contributed by atoms with Gasteiger partial charge in [0.2, 0.25) is 0 Å². The zero-order chi connectivity index (χ0) is 23.7. The number of unbranched alkanes of at least 4 members (excludes halogenated alkanes) is 7. The van der Waals surface area contributed by atoms with Crippen molar-refractivity contribution in [2.45, 2.75) is 114 Å². The van der Waals surface area contributed by atoms with Gasteiger partial charge in [0.25, 0.3) is 0 Å². The number of hydrogen-bond acceptors (Lipinski definition) is 2. The van der Waals surface area contributed by atoms with Gasteiger partial charge in [-0.1, -0.05) is 94.3 Å². The molecule has 2 saturated carbocycles. The highest BCUT2D eigenvalue weighted by atomic mass is 19.1. The molecule has 0 spiro atoms. The Hall–Kier alpha value is -1.71. The smallest absolute Gasteiger partial charge is 0.123 e. The minimum Gasteiger partial charge on any atom is -0.311 e. The molecule has 2 nitrogen and oxygen atoms in total. The second kappa shape index (κ2) is 12.3. The molecule has 2 bridgehead atoms. The highest BCUT2D eigenvalue weighted by Gasteiger charge is 2.51. The van der Waals surface area contributed by atoms with Crippen LogP contribution in [0.5, 0.6) is 0 Å². The third-order valence-electron chi connectivity index (χ3n) is 8.37. The van der Waals surface area contributed by atoms with E-state index in [1.807, 2.05) is 6.07 Å². The minimum atomic E-state index is -0.158. The molecule has 186 valence electrons. The van der Waals surface area contributed by atoms with E-state index in [0.29, 0.717) is 0 Å². The van der Waals surface area contributed by atoms with Crippen molar-refractivity contribution in [1.29, 1.82) is 0 Å². The summed E-state index contributed by atoms with van der Waals surface area (Å²) in [5.74, 6) is -0.158. The van der Waals surface area contributed by atoms with Crippen molar-refractivity contribution in [2.75, 3.05) is 6.54 Å². The predicted molar refractivity (Wildman–Crippen MR) is 142 cm³/mol. The van der Waals surface area contributed by atoms with Crippen LogP contribution in [-0.4, -0.2) is 17.6 Å². The monoisotopic (exact) mass is 464 g/mol. The lowest BCUT2D eigenvalue weighted by molar-refractivity contribution is 0.187. The topological polar surface area (TPSA) is 24.1 Å². The summed E-state index contributed by atoms with van der Waals surface area (Å²) in [5, 5.41) is 8.10. The van der Waals surface area contributed by atoms with E-state index >= 15 is 0 Å². The molecule has 3 atom stereocenters. The first-order valence-electron chi connectivity index (χ1n) is 14.0. The number of nitrogens with one attached hydrogen (secondary N) is 2. The molecule has 2 N–H and O–H groups in total. The van der Waals surface area contributed by atoms with E-state index < -0.39 is 0 Å². The maximum absolute atomic E-state index is 14.1. The Morgan fingerprint density at radius 3 is 2.21 bits per heavy atom. The van der Waals surface area contributed by atoms with E-state index in [2.05, 4.69) is 54.0 Å². The zero-order valence-electron chi connectivity index (χ0n) is 21.3. The summed E-state index contributed by atoms with van der Waals surface area (Å²) >= 11 is 0. The summed E-state index contributed by atoms with van der Waals surface area (Å²) in [6, 6.07) is 17.8. The van der Waals surface area contributed by atoms with Crippen molar-refractivity contribution in [3.8, 4) is 0 Å². The Morgan fingerprint density at radius 1 is 0.765 bits per heavy atom. The molecule has 2 aromatic carbocycles. The fourth-order valence-corrected chi connectivity index (χ4v) is 6.54. The lowest BCUT2D eigenvalue weighted by atomic mass is 9.77. The van der Waals surface area contributed by atoms with Gasteiger partial charge in [-0.05, 0) is 74.8 Å². The molecule has 3 heteroatoms. The van der Waals surface area contributed by atoms with Crippen LogP contribution in [0.1, 0.15) is 114 Å². The molecule has 0 heterocycles. The lowest BCUT2D eigenvalue weighted by Crippen LogP contribution is -2.53. The van der Waals surface area contributed by atoms with Gasteiger partial charge in [0.15, 0.2) is 0 Å². The summed E-state index contributed by atoms with van der Waals surface area (Å²) < 4.78 is 14.1. The van der Waals surface area contributed by atoms with Gasteiger partial charge < -0.3 is 10.6 Å². The van der Waals surface area contributed by atoms with Gasteiger partial charge in [0.05, 0.1) is 6.04 Å². The van der Waals surface area contributed by atoms with Crippen LogP contribution in [0.15, 0.2) is 54.6 Å². The third-order valence-corrected chi connectivity index (χ3v) is 8.37. The number of hydrogen-bond donors (Lipinski definition) is 2. The lowest BCUT2D eigenvalue weighted by Gasteiger charge is -2.43. The zero-order valence-corrected chi connectivity index (χ0v) is 21.3. The highest BCUT2D eigenvalue weighted by Crippen LogP contribution is 2.49. The number of fused-ring (bicyclic) bond motifs is 2. The summed E-state index contributed by atoms with van der Waals surface area (Å²) in [7, 11) is 0. The van der Waals surface area contributed by atoms with E-state index in [0.717, 1.165) is 12.1 Å². The van der Waals surface area contributed by atoms with Crippen molar-refractivity contribution in [2.24, 2.45) is 0 Å². The molecule has 2 fully saturated rings. The molecule has 2 aliphatic carbocycles. The van der Waals surface area contributed by atoms with E-state index in [-0.39, 0.29) is 22.9 Å². The molecular formula is C31H45FN2. The normalized spacial score (nSPS) is 24.9. The van der Waals surface area contributed by atoms with Gasteiger partial charge in [0.1, 0.15) is 5.82 Å². The number of benzene rings is 2. The van der Waals surface area contributed by atoms with E-state index in [4.69, 9.17) is 0 Å². The molecule has 4 rings (SSSR count). The fourth-order valence-electron chi connectivity index (χ4n) is 6.54. The van der Waals surface area contributed by atoms with Gasteiger partial charge in [-0.2, -0.15) is 0 Å². The van der Waals surface area contributed by atoms with Crippen LogP contribution in [0.3, 0.4) is 0 Å². The molecule has 0 amide bonds. The van der Waals surface area contributed by atoms with Gasteiger partial charge in [-0.3, -0.25) is 0 Å². The van der Waals surface area contributed by atoms with E-state index in [1.165, 1.54) is 95.5 Å². The van der Waals surface area contributed by atoms with Crippen molar-refractivity contribution in [3.63, 3.8) is 0 Å². The SMILES string of the molecule is CCCCCCCCCCN[C@@]12CCC[C@@](NC(c3ccccc3)c3cccc(F)c3)(CC1)C2. The average molecular weight is 465 g/mol. The summed E-state index contributed by atoms with van der Waals surface area (Å²) in [4.78, 5) is 0. The van der Waals surface area contributed by atoms with Gasteiger partial charge in [-0.25, -0.2) is 4.39 Å². The van der Waals surface area contributed by atoms with Crippen molar-refractivity contribution in [1.82, 2.24) is 10.6 Å². The second-order valence-electron chi connectivity index (χ2n) is 11.0. The van der Waals surface area contributed by atoms with Crippen LogP contribution < -0.4 is 10.6 Å². The first kappa shape index (κ1) is 25.4. The second-order valence-corrected chi connectivity index (χ2v) is 11.0. The maximum Gasteiger partial charge on any atom is 0.123 e. The van der Waals surface area contributed by atoms with E-state index in [9.17, 15) is 4.39 Å². The first-order chi connectivity index (χ1) is 16.6. The van der Waals surface area contributed by atoms with Crippen molar-refractivity contribution >= 4 is 0 Å². The Bertz CT molecular complexity index is 869. The Balaban J connectivity index is 1.34. The number of halogens is 1. The van der Waals surface area contributed by atoms with Gasteiger partial charge in [-0.15, -0.1) is 0 Å². The van der Waals surface area contributed by atoms with Crippen molar-refractivity contribution in [3.05, 3.63) is 71.5 Å².